The van der Waals surface area contributed by atoms with Crippen LogP contribution in [0, 0.1) is 17.5 Å². The lowest BCUT2D eigenvalue weighted by Gasteiger charge is -2.18. The quantitative estimate of drug-likeness (QED) is 0.628. The number of hydrogen-bond donors (Lipinski definition) is 0. The summed E-state index contributed by atoms with van der Waals surface area (Å²) in [6.07, 6.45) is 3.62. The van der Waals surface area contributed by atoms with Crippen molar-refractivity contribution in [2.75, 3.05) is 18.0 Å². The average Bonchev–Trinajstić information content (AvgIpc) is 2.54. The number of nitrogens with zero attached hydrogens (tertiary/aromatic N) is 1. The van der Waals surface area contributed by atoms with Crippen LogP contribution in [0.4, 0.5) is 18.9 Å². The molecule has 0 fully saturated rings. The van der Waals surface area contributed by atoms with Gasteiger partial charge in [0, 0.05) is 25.2 Å². The van der Waals surface area contributed by atoms with Crippen LogP contribution in [0.2, 0.25) is 0 Å². The van der Waals surface area contributed by atoms with E-state index in [1.807, 2.05) is 12.2 Å². The second-order valence-electron chi connectivity index (χ2n) is 3.09. The number of benzene rings is 1. The lowest BCUT2D eigenvalue weighted by atomic mass is 10.2. The summed E-state index contributed by atoms with van der Waals surface area (Å²) in [6, 6.07) is 1.38. The zero-order chi connectivity index (χ0) is 10.1. The van der Waals surface area contributed by atoms with Crippen molar-refractivity contribution in [3.05, 3.63) is 41.7 Å². The van der Waals surface area contributed by atoms with Gasteiger partial charge < -0.3 is 4.90 Å². The van der Waals surface area contributed by atoms with Gasteiger partial charge in [0.15, 0.2) is 11.6 Å². The molecule has 0 amide bonds. The van der Waals surface area contributed by atoms with Crippen LogP contribution in [0.25, 0.3) is 0 Å². The van der Waals surface area contributed by atoms with Gasteiger partial charge in [-0.1, -0.05) is 12.2 Å². The zero-order valence-electron chi connectivity index (χ0n) is 7.30. The highest BCUT2D eigenvalue weighted by Crippen LogP contribution is 2.25. The van der Waals surface area contributed by atoms with E-state index < -0.39 is 17.5 Å². The summed E-state index contributed by atoms with van der Waals surface area (Å²) < 4.78 is 39.0. The van der Waals surface area contributed by atoms with Crippen LogP contribution in [-0.4, -0.2) is 13.1 Å². The first-order chi connectivity index (χ1) is 6.68. The highest BCUT2D eigenvalue weighted by Gasteiger charge is 2.18. The summed E-state index contributed by atoms with van der Waals surface area (Å²) in [7, 11) is 0. The molecule has 0 saturated heterocycles. The molecule has 4 heteroatoms. The highest BCUT2D eigenvalue weighted by molar-refractivity contribution is 5.51. The third kappa shape index (κ3) is 1.47. The Morgan fingerprint density at radius 3 is 1.93 bits per heavy atom. The predicted octanol–water partition coefficient (Wildman–Crippen LogP) is 2.48. The van der Waals surface area contributed by atoms with Crippen LogP contribution in [0.5, 0.6) is 0 Å². The lowest BCUT2D eigenvalue weighted by molar-refractivity contribution is 0.541. The van der Waals surface area contributed by atoms with Crippen molar-refractivity contribution in [1.29, 1.82) is 0 Å². The number of hydrogen-bond acceptors (Lipinski definition) is 1. The monoisotopic (exact) mass is 199 g/mol. The van der Waals surface area contributed by atoms with Crippen molar-refractivity contribution in [2.24, 2.45) is 0 Å². The Hall–Kier alpha value is -1.45. The Morgan fingerprint density at radius 1 is 0.929 bits per heavy atom. The van der Waals surface area contributed by atoms with E-state index in [1.165, 1.54) is 4.90 Å². The largest absolute Gasteiger partial charge is 0.359 e. The molecule has 1 aromatic carbocycles. The fourth-order valence-corrected chi connectivity index (χ4v) is 1.50. The molecular formula is C10H8F3N. The zero-order valence-corrected chi connectivity index (χ0v) is 7.30. The van der Waals surface area contributed by atoms with Crippen LogP contribution in [0.15, 0.2) is 24.3 Å². The fourth-order valence-electron chi connectivity index (χ4n) is 1.50. The molecule has 2 rings (SSSR count). The summed E-state index contributed by atoms with van der Waals surface area (Å²) in [5.41, 5.74) is -0.156. The molecule has 0 radical (unpaired) electrons. The minimum absolute atomic E-state index is 0.156. The molecule has 0 spiro atoms. The van der Waals surface area contributed by atoms with Gasteiger partial charge >= 0.3 is 0 Å². The average molecular weight is 199 g/mol. The lowest BCUT2D eigenvalue weighted by Crippen LogP contribution is -2.21. The third-order valence-electron chi connectivity index (χ3n) is 2.12. The van der Waals surface area contributed by atoms with Crippen LogP contribution < -0.4 is 4.90 Å². The number of halogens is 3. The molecular weight excluding hydrogens is 191 g/mol. The van der Waals surface area contributed by atoms with E-state index >= 15 is 0 Å². The Bertz CT molecular complexity index is 356. The Balaban J connectivity index is 2.41. The van der Waals surface area contributed by atoms with Crippen LogP contribution in [0.3, 0.4) is 0 Å². The van der Waals surface area contributed by atoms with E-state index in [0.717, 1.165) is 0 Å². The van der Waals surface area contributed by atoms with E-state index in [1.54, 1.807) is 0 Å². The summed E-state index contributed by atoms with van der Waals surface area (Å²) in [5.74, 6) is -2.60. The Kier molecular flexibility index (Phi) is 2.19. The van der Waals surface area contributed by atoms with Crippen molar-refractivity contribution in [2.45, 2.75) is 0 Å². The molecule has 1 aliphatic heterocycles. The van der Waals surface area contributed by atoms with Crippen molar-refractivity contribution >= 4 is 5.69 Å². The van der Waals surface area contributed by atoms with E-state index in [-0.39, 0.29) is 5.69 Å². The molecule has 74 valence electrons. The van der Waals surface area contributed by atoms with Gasteiger partial charge in [0.25, 0.3) is 0 Å². The van der Waals surface area contributed by atoms with Crippen molar-refractivity contribution in [3.63, 3.8) is 0 Å². The maximum absolute atomic E-state index is 13.2. The van der Waals surface area contributed by atoms with Crippen LogP contribution in [0.1, 0.15) is 0 Å². The summed E-state index contributed by atoms with van der Waals surface area (Å²) in [6.45, 7) is 0.916. The van der Waals surface area contributed by atoms with E-state index in [9.17, 15) is 13.2 Å². The van der Waals surface area contributed by atoms with Crippen LogP contribution >= 0.6 is 0 Å². The molecule has 14 heavy (non-hydrogen) atoms. The molecule has 0 N–H and O–H groups in total. The second kappa shape index (κ2) is 3.36. The molecule has 0 aliphatic carbocycles. The van der Waals surface area contributed by atoms with Gasteiger partial charge in [-0.05, 0) is 0 Å². The van der Waals surface area contributed by atoms with Gasteiger partial charge in [0.2, 0.25) is 0 Å². The number of rotatable bonds is 1. The fraction of sp³-hybridized carbons (Fsp3) is 0.200. The molecule has 1 nitrogen and oxygen atoms in total. The van der Waals surface area contributed by atoms with E-state index in [0.29, 0.717) is 25.2 Å². The molecule has 0 saturated carbocycles. The highest BCUT2D eigenvalue weighted by atomic mass is 19.1. The normalized spacial score (nSPS) is 15.2. The minimum Gasteiger partial charge on any atom is -0.359 e. The Morgan fingerprint density at radius 2 is 1.43 bits per heavy atom. The third-order valence-corrected chi connectivity index (χ3v) is 2.12. The number of anilines is 1. The smallest absolute Gasteiger partial charge is 0.152 e. The van der Waals surface area contributed by atoms with Gasteiger partial charge in [-0.3, -0.25) is 0 Å². The SMILES string of the molecule is Fc1cc(F)c(N2CC=CC2)c(F)c1. The first-order valence-corrected chi connectivity index (χ1v) is 4.23. The molecule has 0 aromatic heterocycles. The van der Waals surface area contributed by atoms with E-state index in [4.69, 9.17) is 0 Å². The minimum atomic E-state index is -0.893. The van der Waals surface area contributed by atoms with Gasteiger partial charge in [0.05, 0.1) is 0 Å². The summed E-state index contributed by atoms with van der Waals surface area (Å²) in [5, 5.41) is 0. The topological polar surface area (TPSA) is 3.24 Å². The van der Waals surface area contributed by atoms with Crippen molar-refractivity contribution in [1.82, 2.24) is 0 Å². The van der Waals surface area contributed by atoms with Gasteiger partial charge in [-0.2, -0.15) is 0 Å². The van der Waals surface area contributed by atoms with Gasteiger partial charge in [-0.25, -0.2) is 13.2 Å². The predicted molar refractivity (Wildman–Crippen MR) is 47.7 cm³/mol. The summed E-state index contributed by atoms with van der Waals surface area (Å²) in [4.78, 5) is 1.50. The standard InChI is InChI=1S/C10H8F3N/c11-7-5-8(12)10(9(13)6-7)14-3-1-2-4-14/h1-2,5-6H,3-4H2. The van der Waals surface area contributed by atoms with Crippen molar-refractivity contribution < 1.29 is 13.2 Å². The molecule has 0 atom stereocenters. The van der Waals surface area contributed by atoms with E-state index in [2.05, 4.69) is 0 Å². The van der Waals surface area contributed by atoms with Gasteiger partial charge in [0.1, 0.15) is 11.5 Å². The van der Waals surface area contributed by atoms with Crippen molar-refractivity contribution in [3.8, 4) is 0 Å². The second-order valence-corrected chi connectivity index (χ2v) is 3.09. The maximum Gasteiger partial charge on any atom is 0.152 e. The molecule has 1 heterocycles. The molecule has 0 bridgehead atoms. The first kappa shape index (κ1) is 9.12. The first-order valence-electron chi connectivity index (χ1n) is 4.23. The van der Waals surface area contributed by atoms with Crippen LogP contribution in [-0.2, 0) is 0 Å². The van der Waals surface area contributed by atoms with Gasteiger partial charge in [-0.15, -0.1) is 0 Å². The molecule has 0 unspecified atom stereocenters. The Labute approximate surface area is 79.5 Å². The summed E-state index contributed by atoms with van der Waals surface area (Å²) >= 11 is 0. The maximum atomic E-state index is 13.2. The molecule has 1 aromatic rings. The molecule has 1 aliphatic rings.